The molecule has 0 saturated carbocycles. The minimum atomic E-state index is -1.24. The fourth-order valence-electron chi connectivity index (χ4n) is 5.14. The van der Waals surface area contributed by atoms with Crippen LogP contribution in [-0.2, 0) is 19.4 Å². The maximum absolute atomic E-state index is 12.4. The van der Waals surface area contributed by atoms with Crippen molar-refractivity contribution >= 4 is 8.53 Å². The third-order valence-electron chi connectivity index (χ3n) is 6.95. The molecule has 8 nitrogen and oxygen atoms in total. The average Bonchev–Trinajstić information content (AvgIpc) is 3.49. The highest BCUT2D eigenvalue weighted by Crippen LogP contribution is 2.64. The molecule has 32 heavy (non-hydrogen) atoms. The van der Waals surface area contributed by atoms with Crippen LogP contribution in [0, 0.1) is 6.92 Å². The zero-order chi connectivity index (χ0) is 22.5. The molecule has 3 saturated heterocycles. The van der Waals surface area contributed by atoms with Crippen LogP contribution in [0.25, 0.3) is 0 Å². The number of aryl methyl sites for hydroxylation is 1. The summed E-state index contributed by atoms with van der Waals surface area (Å²) in [6.07, 6.45) is 4.28. The van der Waals surface area contributed by atoms with Gasteiger partial charge in [-0.2, -0.15) is 0 Å². The Balaban J connectivity index is 1.37. The van der Waals surface area contributed by atoms with Gasteiger partial charge in [0.05, 0.1) is 18.2 Å². The standard InChI is InChI=1S/C23H30N3O5P/c1-4-17-18(13-20(29-17)25-14-15(2)21(27)24-22(25)28)30-32-26-12-8-11-19(26)23(3,31-32)16-9-6-5-7-10-16/h5-7,9-10,14,17-20H,4,8,11-13H2,1-3H3,(H,24,27,28)/t17-,18?,19-,20-,23+,32?/m1/s1. The van der Waals surface area contributed by atoms with Crippen molar-refractivity contribution in [2.24, 2.45) is 0 Å². The topological polar surface area (TPSA) is 85.8 Å². The van der Waals surface area contributed by atoms with Gasteiger partial charge in [-0.15, -0.1) is 0 Å². The first-order valence-corrected chi connectivity index (χ1v) is 12.5. The number of H-pyrrole nitrogens is 1. The molecule has 5 rings (SSSR count). The first kappa shape index (κ1) is 22.0. The molecule has 4 heterocycles. The van der Waals surface area contributed by atoms with Crippen LogP contribution in [0.2, 0.25) is 0 Å². The van der Waals surface area contributed by atoms with E-state index in [4.69, 9.17) is 13.8 Å². The summed E-state index contributed by atoms with van der Waals surface area (Å²) in [5.41, 5.74) is 0.421. The first-order chi connectivity index (χ1) is 15.4. The lowest BCUT2D eigenvalue weighted by Gasteiger charge is -2.29. The Hall–Kier alpha value is -1.83. The van der Waals surface area contributed by atoms with Crippen LogP contribution in [0.15, 0.2) is 46.1 Å². The fourth-order valence-corrected chi connectivity index (χ4v) is 7.28. The number of fused-ring (bicyclic) bond motifs is 1. The van der Waals surface area contributed by atoms with Crippen LogP contribution in [0.3, 0.4) is 0 Å². The number of nitrogens with zero attached hydrogens (tertiary/aromatic N) is 2. The molecule has 2 aromatic rings. The molecule has 1 aromatic carbocycles. The van der Waals surface area contributed by atoms with Crippen LogP contribution in [0.1, 0.15) is 56.9 Å². The van der Waals surface area contributed by atoms with Crippen LogP contribution in [-0.4, -0.2) is 39.0 Å². The molecular weight excluding hydrogens is 429 g/mol. The maximum atomic E-state index is 12.4. The van der Waals surface area contributed by atoms with Crippen molar-refractivity contribution in [2.45, 2.75) is 76.5 Å². The molecule has 3 aliphatic heterocycles. The third-order valence-corrected chi connectivity index (χ3v) is 8.83. The molecule has 2 unspecified atom stereocenters. The Kier molecular flexibility index (Phi) is 5.84. The highest BCUT2D eigenvalue weighted by Gasteiger charge is 2.56. The van der Waals surface area contributed by atoms with Crippen molar-refractivity contribution < 1.29 is 13.8 Å². The van der Waals surface area contributed by atoms with Gasteiger partial charge in [-0.05, 0) is 38.7 Å². The highest BCUT2D eigenvalue weighted by atomic mass is 31.2. The lowest BCUT2D eigenvalue weighted by Crippen LogP contribution is -2.36. The van der Waals surface area contributed by atoms with E-state index in [1.54, 1.807) is 13.1 Å². The largest absolute Gasteiger partial charge is 0.352 e. The number of aromatic nitrogens is 2. The molecule has 3 fully saturated rings. The average molecular weight is 459 g/mol. The van der Waals surface area contributed by atoms with Gasteiger partial charge < -0.3 is 13.8 Å². The van der Waals surface area contributed by atoms with Crippen LogP contribution >= 0.6 is 8.53 Å². The number of hydrogen-bond acceptors (Lipinski definition) is 6. The molecule has 9 heteroatoms. The molecule has 0 aliphatic carbocycles. The van der Waals surface area contributed by atoms with Crippen molar-refractivity contribution in [1.29, 1.82) is 0 Å². The summed E-state index contributed by atoms with van der Waals surface area (Å²) >= 11 is 0. The lowest BCUT2D eigenvalue weighted by atomic mass is 9.87. The minimum absolute atomic E-state index is 0.144. The summed E-state index contributed by atoms with van der Waals surface area (Å²) in [5.74, 6) is 0. The first-order valence-electron chi connectivity index (χ1n) is 11.4. The Morgan fingerprint density at radius 2 is 2.06 bits per heavy atom. The number of ether oxygens (including phenoxy) is 1. The fraction of sp³-hybridized carbons (Fsp3) is 0.565. The molecule has 0 radical (unpaired) electrons. The van der Waals surface area contributed by atoms with Crippen molar-refractivity contribution in [3.63, 3.8) is 0 Å². The van der Waals surface area contributed by atoms with Crippen molar-refractivity contribution in [2.75, 3.05) is 6.54 Å². The van der Waals surface area contributed by atoms with E-state index in [0.717, 1.165) is 25.8 Å². The third kappa shape index (κ3) is 3.68. The van der Waals surface area contributed by atoms with E-state index in [1.807, 2.05) is 6.07 Å². The summed E-state index contributed by atoms with van der Waals surface area (Å²) in [5, 5.41) is 0. The SMILES string of the molecule is CC[C@H]1O[C@@H](n2cc(C)c(=O)[nH]c2=O)CC1OP1O[C@@](C)(c2ccccc2)[C@H]2CCCN21. The number of aromatic amines is 1. The van der Waals surface area contributed by atoms with Crippen molar-refractivity contribution in [3.8, 4) is 0 Å². The Morgan fingerprint density at radius 1 is 1.28 bits per heavy atom. The quantitative estimate of drug-likeness (QED) is 0.689. The van der Waals surface area contributed by atoms with Crippen molar-refractivity contribution in [3.05, 3.63) is 68.5 Å². The highest BCUT2D eigenvalue weighted by molar-refractivity contribution is 7.45. The second-order valence-electron chi connectivity index (χ2n) is 9.02. The van der Waals surface area contributed by atoms with Crippen LogP contribution in [0.4, 0.5) is 0 Å². The predicted octanol–water partition coefficient (Wildman–Crippen LogP) is 3.56. The van der Waals surface area contributed by atoms with Crippen molar-refractivity contribution in [1.82, 2.24) is 14.2 Å². The molecule has 0 spiro atoms. The maximum Gasteiger partial charge on any atom is 0.330 e. The molecule has 3 aliphatic rings. The van der Waals surface area contributed by atoms with Crippen LogP contribution in [0.5, 0.6) is 0 Å². The van der Waals surface area contributed by atoms with Gasteiger partial charge in [0.1, 0.15) is 11.8 Å². The molecular formula is C23H30N3O5P. The molecule has 172 valence electrons. The van der Waals surface area contributed by atoms with Gasteiger partial charge in [0, 0.05) is 24.7 Å². The van der Waals surface area contributed by atoms with E-state index in [9.17, 15) is 9.59 Å². The van der Waals surface area contributed by atoms with Gasteiger partial charge in [0.25, 0.3) is 14.1 Å². The van der Waals surface area contributed by atoms with Gasteiger partial charge >= 0.3 is 5.69 Å². The van der Waals surface area contributed by atoms with Crippen LogP contribution < -0.4 is 11.2 Å². The summed E-state index contributed by atoms with van der Waals surface area (Å²) in [6, 6.07) is 10.7. The van der Waals surface area contributed by atoms with Gasteiger partial charge in [0.2, 0.25) is 0 Å². The van der Waals surface area contributed by atoms with E-state index >= 15 is 0 Å². The Labute approximate surface area is 188 Å². The van der Waals surface area contributed by atoms with E-state index < -0.39 is 26.0 Å². The normalized spacial score (nSPS) is 34.8. The Morgan fingerprint density at radius 3 is 2.81 bits per heavy atom. The summed E-state index contributed by atoms with van der Waals surface area (Å²) in [4.78, 5) is 26.5. The zero-order valence-corrected chi connectivity index (χ0v) is 19.6. The second kappa shape index (κ2) is 8.50. The van der Waals surface area contributed by atoms with Gasteiger partial charge in [-0.1, -0.05) is 37.3 Å². The minimum Gasteiger partial charge on any atom is -0.352 e. The van der Waals surface area contributed by atoms with E-state index in [0.29, 0.717) is 18.0 Å². The smallest absolute Gasteiger partial charge is 0.330 e. The molecule has 1 aromatic heterocycles. The Bertz CT molecular complexity index is 1090. The van der Waals surface area contributed by atoms with Gasteiger partial charge in [-0.25, -0.2) is 9.46 Å². The molecule has 1 N–H and O–H groups in total. The summed E-state index contributed by atoms with van der Waals surface area (Å²) < 4.78 is 23.3. The molecule has 6 atom stereocenters. The number of rotatable bonds is 5. The van der Waals surface area contributed by atoms with E-state index in [2.05, 4.69) is 47.8 Å². The van der Waals surface area contributed by atoms with Gasteiger partial charge in [-0.3, -0.25) is 14.3 Å². The summed E-state index contributed by atoms with van der Waals surface area (Å²) in [7, 11) is -1.24. The molecule has 0 amide bonds. The number of benzene rings is 1. The van der Waals surface area contributed by atoms with E-state index in [-0.39, 0.29) is 17.8 Å². The monoisotopic (exact) mass is 459 g/mol. The predicted molar refractivity (Wildman–Crippen MR) is 121 cm³/mol. The zero-order valence-electron chi connectivity index (χ0n) is 18.7. The number of hydrogen-bond donors (Lipinski definition) is 1. The van der Waals surface area contributed by atoms with Gasteiger partial charge in [0.15, 0.2) is 0 Å². The number of nitrogens with one attached hydrogen (secondary N) is 1. The molecule has 0 bridgehead atoms. The van der Waals surface area contributed by atoms with E-state index in [1.165, 1.54) is 10.1 Å². The lowest BCUT2D eigenvalue weighted by molar-refractivity contribution is -0.0199. The summed E-state index contributed by atoms with van der Waals surface area (Å²) in [6.45, 7) is 6.87. The second-order valence-corrected chi connectivity index (χ2v) is 10.4.